The topological polar surface area (TPSA) is 53.9 Å². The first-order valence-corrected chi connectivity index (χ1v) is 7.13. The number of hydrogen-bond acceptors (Lipinski definition) is 6. The first-order valence-electron chi connectivity index (χ1n) is 6.31. The van der Waals surface area contributed by atoms with Gasteiger partial charge in [0.05, 0.1) is 6.04 Å². The Hall–Kier alpha value is -1.69. The molecule has 5 nitrogen and oxygen atoms in total. The average molecular weight is 277 g/mol. The van der Waals surface area contributed by atoms with E-state index in [9.17, 15) is 0 Å². The predicted octanol–water partition coefficient (Wildman–Crippen LogP) is 2.73. The summed E-state index contributed by atoms with van der Waals surface area (Å²) in [7, 11) is 3.85. The molecule has 2 aromatic rings. The van der Waals surface area contributed by atoms with Gasteiger partial charge in [-0.15, -0.1) is 11.3 Å². The Bertz CT molecular complexity index is 537. The Morgan fingerprint density at radius 1 is 1.37 bits per heavy atom. The summed E-state index contributed by atoms with van der Waals surface area (Å²) in [5, 5.41) is 4.45. The molecule has 0 saturated carbocycles. The highest BCUT2D eigenvalue weighted by Gasteiger charge is 2.11. The second-order valence-electron chi connectivity index (χ2n) is 4.52. The maximum absolute atomic E-state index is 4.45. The molecule has 102 valence electrons. The van der Waals surface area contributed by atoms with Gasteiger partial charge in [0, 0.05) is 31.4 Å². The monoisotopic (exact) mass is 277 g/mol. The highest BCUT2D eigenvalue weighted by atomic mass is 32.1. The molecule has 0 aliphatic heterocycles. The van der Waals surface area contributed by atoms with E-state index in [0.717, 1.165) is 17.2 Å². The fraction of sp³-hybridized carbons (Fsp3) is 0.462. The van der Waals surface area contributed by atoms with Crippen LogP contribution in [-0.4, -0.2) is 29.0 Å². The largest absolute Gasteiger partial charge is 0.361 e. The number of aromatic nitrogens is 3. The van der Waals surface area contributed by atoms with Crippen LogP contribution in [0.15, 0.2) is 18.5 Å². The van der Waals surface area contributed by atoms with Crippen molar-refractivity contribution in [3.05, 3.63) is 28.3 Å². The van der Waals surface area contributed by atoms with E-state index in [2.05, 4.69) is 34.1 Å². The predicted molar refractivity (Wildman–Crippen MR) is 79.9 cm³/mol. The number of anilines is 2. The maximum Gasteiger partial charge on any atom is 0.226 e. The van der Waals surface area contributed by atoms with E-state index >= 15 is 0 Å². The van der Waals surface area contributed by atoms with E-state index in [-0.39, 0.29) is 6.04 Å². The molecule has 0 amide bonds. The minimum Gasteiger partial charge on any atom is -0.361 e. The molecule has 1 N–H and O–H groups in total. The van der Waals surface area contributed by atoms with Gasteiger partial charge < -0.3 is 10.2 Å². The third-order valence-electron chi connectivity index (χ3n) is 2.70. The van der Waals surface area contributed by atoms with Crippen LogP contribution < -0.4 is 10.2 Å². The second-order valence-corrected chi connectivity index (χ2v) is 5.67. The lowest BCUT2D eigenvalue weighted by Gasteiger charge is -2.14. The summed E-state index contributed by atoms with van der Waals surface area (Å²) in [6, 6.07) is 2.02. The molecule has 2 aromatic heterocycles. The fourth-order valence-corrected chi connectivity index (χ4v) is 2.47. The van der Waals surface area contributed by atoms with Crippen molar-refractivity contribution < 1.29 is 0 Å². The molecule has 0 saturated heterocycles. The summed E-state index contributed by atoms with van der Waals surface area (Å²) >= 11 is 1.74. The van der Waals surface area contributed by atoms with Gasteiger partial charge in [0.15, 0.2) is 0 Å². The van der Waals surface area contributed by atoms with Gasteiger partial charge in [-0.3, -0.25) is 0 Å². The molecular formula is C13H19N5S. The van der Waals surface area contributed by atoms with Crippen LogP contribution in [-0.2, 0) is 6.42 Å². The number of nitrogens with one attached hydrogen (secondary N) is 1. The van der Waals surface area contributed by atoms with Crippen molar-refractivity contribution >= 4 is 23.1 Å². The standard InChI is InChI=1S/C13H19N5S/c1-5-10-8-15-12(19-10)9(2)16-11-6-7-14-13(17-11)18(3)4/h6-9H,5H2,1-4H3,(H,14,16,17). The SMILES string of the molecule is CCc1cnc(C(C)Nc2ccnc(N(C)C)n2)s1. The van der Waals surface area contributed by atoms with Gasteiger partial charge in [-0.25, -0.2) is 9.97 Å². The van der Waals surface area contributed by atoms with Crippen LogP contribution in [0.25, 0.3) is 0 Å². The highest BCUT2D eigenvalue weighted by Crippen LogP contribution is 2.23. The van der Waals surface area contributed by atoms with Gasteiger partial charge in [0.1, 0.15) is 10.8 Å². The number of aryl methyl sites for hydroxylation is 1. The van der Waals surface area contributed by atoms with Gasteiger partial charge in [0.25, 0.3) is 0 Å². The molecule has 1 unspecified atom stereocenters. The molecule has 0 radical (unpaired) electrons. The van der Waals surface area contributed by atoms with Gasteiger partial charge in [-0.05, 0) is 19.4 Å². The lowest BCUT2D eigenvalue weighted by atomic mass is 10.3. The molecule has 0 aliphatic rings. The van der Waals surface area contributed by atoms with Crippen LogP contribution in [0.2, 0.25) is 0 Å². The third kappa shape index (κ3) is 3.41. The quantitative estimate of drug-likeness (QED) is 0.910. The highest BCUT2D eigenvalue weighted by molar-refractivity contribution is 7.11. The molecular weight excluding hydrogens is 258 g/mol. The van der Waals surface area contributed by atoms with Crippen LogP contribution in [0.1, 0.15) is 29.8 Å². The number of hydrogen-bond donors (Lipinski definition) is 1. The third-order valence-corrected chi connectivity index (χ3v) is 4.02. The Morgan fingerprint density at radius 3 is 2.79 bits per heavy atom. The lowest BCUT2D eigenvalue weighted by Crippen LogP contribution is -2.14. The molecule has 0 aromatic carbocycles. The van der Waals surface area contributed by atoms with E-state index < -0.39 is 0 Å². The molecule has 0 bridgehead atoms. The summed E-state index contributed by atoms with van der Waals surface area (Å²) in [6.07, 6.45) is 4.74. The Balaban J connectivity index is 2.09. The van der Waals surface area contributed by atoms with Crippen molar-refractivity contribution in [2.75, 3.05) is 24.3 Å². The Morgan fingerprint density at radius 2 is 2.16 bits per heavy atom. The number of nitrogens with zero attached hydrogens (tertiary/aromatic N) is 4. The number of rotatable bonds is 5. The molecule has 0 fully saturated rings. The summed E-state index contributed by atoms with van der Waals surface area (Å²) in [5.41, 5.74) is 0. The summed E-state index contributed by atoms with van der Waals surface area (Å²) in [5.74, 6) is 1.52. The van der Waals surface area contributed by atoms with E-state index in [0.29, 0.717) is 5.95 Å². The van der Waals surface area contributed by atoms with Crippen LogP contribution in [0.4, 0.5) is 11.8 Å². The molecule has 2 heterocycles. The normalized spacial score (nSPS) is 12.2. The Kier molecular flexibility index (Phi) is 4.31. The van der Waals surface area contributed by atoms with E-state index in [1.807, 2.05) is 31.3 Å². The van der Waals surface area contributed by atoms with Crippen molar-refractivity contribution in [3.63, 3.8) is 0 Å². The van der Waals surface area contributed by atoms with Gasteiger partial charge in [-0.1, -0.05) is 6.92 Å². The molecule has 1 atom stereocenters. The average Bonchev–Trinajstić information content (AvgIpc) is 2.88. The zero-order valence-electron chi connectivity index (χ0n) is 11.7. The van der Waals surface area contributed by atoms with Crippen molar-refractivity contribution in [2.24, 2.45) is 0 Å². The first kappa shape index (κ1) is 13.7. The van der Waals surface area contributed by atoms with E-state index in [1.165, 1.54) is 4.88 Å². The minimum absolute atomic E-state index is 0.148. The second kappa shape index (κ2) is 5.97. The molecule has 0 spiro atoms. The minimum atomic E-state index is 0.148. The van der Waals surface area contributed by atoms with Crippen LogP contribution >= 0.6 is 11.3 Å². The fourth-order valence-electron chi connectivity index (χ4n) is 1.61. The van der Waals surface area contributed by atoms with Crippen LogP contribution in [0.3, 0.4) is 0 Å². The molecule has 19 heavy (non-hydrogen) atoms. The molecule has 0 aliphatic carbocycles. The summed E-state index contributed by atoms with van der Waals surface area (Å²) < 4.78 is 0. The Labute approximate surface area is 117 Å². The van der Waals surface area contributed by atoms with Gasteiger partial charge in [-0.2, -0.15) is 4.98 Å². The van der Waals surface area contributed by atoms with Crippen molar-refractivity contribution in [3.8, 4) is 0 Å². The van der Waals surface area contributed by atoms with Crippen molar-refractivity contribution in [2.45, 2.75) is 26.3 Å². The van der Waals surface area contributed by atoms with Gasteiger partial charge >= 0.3 is 0 Å². The van der Waals surface area contributed by atoms with E-state index in [4.69, 9.17) is 0 Å². The zero-order valence-corrected chi connectivity index (χ0v) is 12.5. The van der Waals surface area contributed by atoms with Crippen LogP contribution in [0, 0.1) is 0 Å². The van der Waals surface area contributed by atoms with E-state index in [1.54, 1.807) is 17.5 Å². The first-order chi connectivity index (χ1) is 9.10. The number of thiazole rings is 1. The van der Waals surface area contributed by atoms with Crippen molar-refractivity contribution in [1.29, 1.82) is 0 Å². The molecule has 2 rings (SSSR count). The smallest absolute Gasteiger partial charge is 0.226 e. The lowest BCUT2D eigenvalue weighted by molar-refractivity contribution is 0.855. The summed E-state index contributed by atoms with van der Waals surface area (Å²) in [4.78, 5) is 16.3. The van der Waals surface area contributed by atoms with Crippen LogP contribution in [0.5, 0.6) is 0 Å². The summed E-state index contributed by atoms with van der Waals surface area (Å²) in [6.45, 7) is 4.24. The maximum atomic E-state index is 4.45. The zero-order chi connectivity index (χ0) is 13.8. The van der Waals surface area contributed by atoms with Gasteiger partial charge in [0.2, 0.25) is 5.95 Å². The van der Waals surface area contributed by atoms with Crippen molar-refractivity contribution in [1.82, 2.24) is 15.0 Å². The molecule has 6 heteroatoms.